The molecule has 1 fully saturated rings. The number of aromatic nitrogens is 1. The van der Waals surface area contributed by atoms with Crippen LogP contribution in [-0.2, 0) is 24.4 Å². The maximum absolute atomic E-state index is 12.9. The predicted molar refractivity (Wildman–Crippen MR) is 121 cm³/mol. The summed E-state index contributed by atoms with van der Waals surface area (Å²) in [5.74, 6) is -0.453. The molecule has 0 saturated carbocycles. The maximum Gasteiger partial charge on any atom is 0.267 e. The molecule has 1 amide bonds. The van der Waals surface area contributed by atoms with Gasteiger partial charge >= 0.3 is 0 Å². The fraction of sp³-hybridized carbons (Fsp3) is 0.208. The molecule has 1 atom stereocenters. The zero-order valence-electron chi connectivity index (χ0n) is 17.4. The van der Waals surface area contributed by atoms with Gasteiger partial charge in [-0.15, -0.1) is 0 Å². The molecule has 1 unspecified atom stereocenters. The molecule has 166 valence electrons. The van der Waals surface area contributed by atoms with Gasteiger partial charge in [-0.1, -0.05) is 42.5 Å². The highest BCUT2D eigenvalue weighted by molar-refractivity contribution is 7.90. The Kier molecular flexibility index (Phi) is 6.84. The maximum atomic E-state index is 12.9. The van der Waals surface area contributed by atoms with Gasteiger partial charge in [0.1, 0.15) is 0 Å². The molecule has 1 aliphatic heterocycles. The van der Waals surface area contributed by atoms with Crippen molar-refractivity contribution in [3.63, 3.8) is 0 Å². The van der Waals surface area contributed by atoms with E-state index in [9.17, 15) is 13.2 Å². The van der Waals surface area contributed by atoms with E-state index in [4.69, 9.17) is 9.57 Å². The molecule has 32 heavy (non-hydrogen) atoms. The lowest BCUT2D eigenvalue weighted by molar-refractivity contribution is -0.198. The van der Waals surface area contributed by atoms with E-state index in [1.165, 1.54) is 24.5 Å². The number of hydrogen-bond donors (Lipinski definition) is 1. The second kappa shape index (κ2) is 9.95. The quantitative estimate of drug-likeness (QED) is 0.433. The number of carbonyl (C=O) groups excluding carboxylic acids is 1. The molecule has 0 spiro atoms. The first-order valence-electron chi connectivity index (χ1n) is 10.4. The Morgan fingerprint density at radius 2 is 1.78 bits per heavy atom. The third-order valence-electron chi connectivity index (χ3n) is 5.08. The van der Waals surface area contributed by atoms with Crippen LogP contribution in [-0.4, -0.2) is 31.2 Å². The molecule has 2 heterocycles. The van der Waals surface area contributed by atoms with Crippen LogP contribution in [0.15, 0.2) is 84.0 Å². The predicted octanol–water partition coefficient (Wildman–Crippen LogP) is 3.98. The van der Waals surface area contributed by atoms with Crippen LogP contribution in [0.4, 0.5) is 0 Å². The summed E-state index contributed by atoms with van der Waals surface area (Å²) in [5, 5.41) is 0. The SMILES string of the molecule is O=C(C=Cc1ccn(S(=O)(=O)c2ccc(-c3ccccc3)cc2)c1)NOC1CCCCO1. The first kappa shape index (κ1) is 22.0. The average Bonchev–Trinajstić information content (AvgIpc) is 3.33. The van der Waals surface area contributed by atoms with Crippen LogP contribution in [0.25, 0.3) is 17.2 Å². The number of nitrogens with zero attached hydrogens (tertiary/aromatic N) is 1. The number of carbonyl (C=O) groups is 1. The third kappa shape index (κ3) is 5.34. The number of hydroxylamine groups is 1. The second-order valence-corrected chi connectivity index (χ2v) is 9.23. The molecular formula is C24H24N2O5S. The van der Waals surface area contributed by atoms with E-state index in [0.717, 1.165) is 34.4 Å². The topological polar surface area (TPSA) is 86.6 Å². The summed E-state index contributed by atoms with van der Waals surface area (Å²) in [7, 11) is -3.74. The van der Waals surface area contributed by atoms with Crippen LogP contribution in [0.5, 0.6) is 0 Å². The van der Waals surface area contributed by atoms with Crippen LogP contribution >= 0.6 is 0 Å². The van der Waals surface area contributed by atoms with Crippen molar-refractivity contribution in [2.24, 2.45) is 0 Å². The van der Waals surface area contributed by atoms with Crippen molar-refractivity contribution in [2.45, 2.75) is 30.4 Å². The van der Waals surface area contributed by atoms with Gasteiger partial charge in [0.05, 0.1) is 4.90 Å². The highest BCUT2D eigenvalue weighted by Crippen LogP contribution is 2.22. The van der Waals surface area contributed by atoms with Gasteiger partial charge in [0.2, 0.25) is 0 Å². The lowest BCUT2D eigenvalue weighted by atomic mass is 10.1. The van der Waals surface area contributed by atoms with Crippen LogP contribution in [0.3, 0.4) is 0 Å². The normalized spacial score (nSPS) is 16.8. The number of hydrogen-bond acceptors (Lipinski definition) is 5. The molecule has 1 aromatic heterocycles. The van der Waals surface area contributed by atoms with Crippen molar-refractivity contribution in [3.05, 3.63) is 84.7 Å². The fourth-order valence-electron chi connectivity index (χ4n) is 3.35. The molecule has 1 saturated heterocycles. The summed E-state index contributed by atoms with van der Waals surface area (Å²) >= 11 is 0. The van der Waals surface area contributed by atoms with E-state index >= 15 is 0 Å². The van der Waals surface area contributed by atoms with Crippen molar-refractivity contribution in [2.75, 3.05) is 6.61 Å². The zero-order chi connectivity index (χ0) is 22.4. The van der Waals surface area contributed by atoms with E-state index in [2.05, 4.69) is 5.48 Å². The van der Waals surface area contributed by atoms with Crippen LogP contribution in [0.2, 0.25) is 0 Å². The number of rotatable bonds is 7. The van der Waals surface area contributed by atoms with E-state index in [1.807, 2.05) is 30.3 Å². The van der Waals surface area contributed by atoms with Gasteiger partial charge in [-0.3, -0.25) is 4.79 Å². The van der Waals surface area contributed by atoms with Gasteiger partial charge in [0.15, 0.2) is 6.29 Å². The van der Waals surface area contributed by atoms with Crippen LogP contribution in [0.1, 0.15) is 24.8 Å². The second-order valence-electron chi connectivity index (χ2n) is 7.38. The van der Waals surface area contributed by atoms with Crippen molar-refractivity contribution >= 4 is 22.0 Å². The van der Waals surface area contributed by atoms with Gasteiger partial charge in [0, 0.05) is 31.5 Å². The lowest BCUT2D eigenvalue weighted by Gasteiger charge is -2.21. The number of benzene rings is 2. The number of nitrogens with one attached hydrogen (secondary N) is 1. The first-order valence-corrected chi connectivity index (χ1v) is 11.8. The molecule has 0 aliphatic carbocycles. The van der Waals surface area contributed by atoms with Gasteiger partial charge in [-0.2, -0.15) is 0 Å². The monoisotopic (exact) mass is 452 g/mol. The van der Waals surface area contributed by atoms with Gasteiger partial charge < -0.3 is 4.74 Å². The van der Waals surface area contributed by atoms with E-state index in [0.29, 0.717) is 12.2 Å². The molecule has 0 bridgehead atoms. The van der Waals surface area contributed by atoms with Crippen LogP contribution < -0.4 is 5.48 Å². The summed E-state index contributed by atoms with van der Waals surface area (Å²) in [6.45, 7) is 0.618. The summed E-state index contributed by atoms with van der Waals surface area (Å²) in [6, 6.07) is 18.1. The van der Waals surface area contributed by atoms with Crippen molar-refractivity contribution in [3.8, 4) is 11.1 Å². The van der Waals surface area contributed by atoms with Crippen molar-refractivity contribution in [1.82, 2.24) is 9.45 Å². The molecule has 3 aromatic rings. The molecule has 7 nitrogen and oxygen atoms in total. The largest absolute Gasteiger partial charge is 0.350 e. The zero-order valence-corrected chi connectivity index (χ0v) is 18.2. The highest BCUT2D eigenvalue weighted by Gasteiger charge is 2.17. The summed E-state index contributed by atoms with van der Waals surface area (Å²) in [6.07, 6.45) is 7.99. The Hall–Kier alpha value is -3.20. The Morgan fingerprint density at radius 1 is 1.03 bits per heavy atom. The molecule has 1 aliphatic rings. The minimum atomic E-state index is -3.74. The number of ether oxygens (including phenoxy) is 1. The average molecular weight is 453 g/mol. The fourth-order valence-corrected chi connectivity index (χ4v) is 4.55. The molecular weight excluding hydrogens is 428 g/mol. The standard InChI is InChI=1S/C24H24N2O5S/c27-23(25-31-24-8-4-5-17-30-24)14-9-19-15-16-26(18-19)32(28,29)22-12-10-21(11-13-22)20-6-2-1-3-7-20/h1-3,6-7,9-16,18,24H,4-5,8,17H2,(H,25,27). The molecule has 4 rings (SSSR count). The summed E-state index contributed by atoms with van der Waals surface area (Å²) < 4.78 is 32.4. The van der Waals surface area contributed by atoms with Gasteiger partial charge in [-0.05, 0) is 53.8 Å². The smallest absolute Gasteiger partial charge is 0.267 e. The third-order valence-corrected chi connectivity index (χ3v) is 6.73. The minimum Gasteiger partial charge on any atom is -0.350 e. The molecule has 8 heteroatoms. The van der Waals surface area contributed by atoms with E-state index < -0.39 is 22.2 Å². The van der Waals surface area contributed by atoms with Crippen LogP contribution in [0, 0.1) is 0 Å². The first-order chi connectivity index (χ1) is 15.5. The number of amides is 1. The Balaban J connectivity index is 1.39. The highest BCUT2D eigenvalue weighted by atomic mass is 32.2. The van der Waals surface area contributed by atoms with Crippen molar-refractivity contribution in [1.29, 1.82) is 0 Å². The molecule has 2 aromatic carbocycles. The van der Waals surface area contributed by atoms with E-state index in [-0.39, 0.29) is 4.90 Å². The minimum absolute atomic E-state index is 0.182. The van der Waals surface area contributed by atoms with Gasteiger partial charge in [0.25, 0.3) is 15.9 Å². The lowest BCUT2D eigenvalue weighted by Crippen LogP contribution is -2.32. The summed E-state index contributed by atoms with van der Waals surface area (Å²) in [5.41, 5.74) is 4.85. The Labute approximate surface area is 187 Å². The Morgan fingerprint density at radius 3 is 2.50 bits per heavy atom. The Bertz CT molecular complexity index is 1180. The van der Waals surface area contributed by atoms with Crippen molar-refractivity contribution < 1.29 is 22.8 Å². The summed E-state index contributed by atoms with van der Waals surface area (Å²) in [4.78, 5) is 17.3. The van der Waals surface area contributed by atoms with Gasteiger partial charge in [-0.25, -0.2) is 22.7 Å². The molecule has 1 N–H and O–H groups in total. The van der Waals surface area contributed by atoms with E-state index in [1.54, 1.807) is 30.3 Å². The molecule has 0 radical (unpaired) electrons.